The zero-order valence-corrected chi connectivity index (χ0v) is 9.18. The first-order valence-electron chi connectivity index (χ1n) is 5.12. The zero-order chi connectivity index (χ0) is 11.3. The molecule has 84 valence electrons. The predicted octanol–water partition coefficient (Wildman–Crippen LogP) is 0.571. The Morgan fingerprint density at radius 3 is 3.00 bits per heavy atom. The monoisotopic (exact) mass is 211 g/mol. The van der Waals surface area contributed by atoms with Gasteiger partial charge >= 0.3 is 0 Å². The van der Waals surface area contributed by atoms with E-state index in [0.29, 0.717) is 6.42 Å². The Hall–Kier alpha value is -1.23. The van der Waals surface area contributed by atoms with Gasteiger partial charge in [-0.3, -0.25) is 4.68 Å². The molecule has 0 fully saturated rings. The third-order valence-electron chi connectivity index (χ3n) is 2.19. The maximum absolute atomic E-state index is 10.4. The van der Waals surface area contributed by atoms with Crippen molar-refractivity contribution in [2.75, 3.05) is 0 Å². The third-order valence-corrected chi connectivity index (χ3v) is 2.19. The van der Waals surface area contributed by atoms with Crippen molar-refractivity contribution >= 4 is 6.29 Å². The van der Waals surface area contributed by atoms with Crippen LogP contribution in [0.3, 0.4) is 0 Å². The molecule has 1 unspecified atom stereocenters. The number of aryl methyl sites for hydroxylation is 1. The lowest BCUT2D eigenvalue weighted by atomic mass is 9.99. The Morgan fingerprint density at radius 2 is 2.40 bits per heavy atom. The summed E-state index contributed by atoms with van der Waals surface area (Å²) in [5, 5.41) is 13.9. The molecule has 0 aromatic carbocycles. The van der Waals surface area contributed by atoms with Gasteiger partial charge in [0.1, 0.15) is 18.4 Å². The summed E-state index contributed by atoms with van der Waals surface area (Å²) in [6.07, 6.45) is 3.63. The van der Waals surface area contributed by atoms with Crippen LogP contribution in [0.4, 0.5) is 0 Å². The molecule has 1 N–H and O–H groups in total. The Morgan fingerprint density at radius 1 is 1.67 bits per heavy atom. The summed E-state index contributed by atoms with van der Waals surface area (Å²) in [6.45, 7) is 4.47. The third kappa shape index (κ3) is 3.43. The largest absolute Gasteiger partial charge is 0.389 e. The molecular formula is C10H17N3O2. The van der Waals surface area contributed by atoms with Crippen molar-refractivity contribution < 1.29 is 9.90 Å². The summed E-state index contributed by atoms with van der Waals surface area (Å²) >= 11 is 0. The first kappa shape index (κ1) is 11.8. The molecule has 1 aromatic heterocycles. The Bertz CT molecular complexity index is 320. The molecule has 0 radical (unpaired) electrons. The normalized spacial score (nSPS) is 14.9. The van der Waals surface area contributed by atoms with Crippen LogP contribution in [-0.4, -0.2) is 31.8 Å². The average Bonchev–Trinajstić information content (AvgIpc) is 2.52. The Kier molecular flexibility index (Phi) is 3.96. The number of carbonyl (C=O) groups is 1. The van der Waals surface area contributed by atoms with E-state index in [4.69, 9.17) is 0 Å². The molecule has 0 aliphatic heterocycles. The number of aromatic nitrogens is 3. The van der Waals surface area contributed by atoms with Crippen LogP contribution in [0.25, 0.3) is 0 Å². The number of hydrogen-bond acceptors (Lipinski definition) is 4. The molecule has 0 aliphatic rings. The highest BCUT2D eigenvalue weighted by molar-refractivity contribution is 5.51. The summed E-state index contributed by atoms with van der Waals surface area (Å²) in [6, 6.07) is 0. The van der Waals surface area contributed by atoms with Gasteiger partial charge in [-0.15, -0.1) is 0 Å². The Balaban J connectivity index is 2.70. The molecule has 0 saturated carbocycles. The van der Waals surface area contributed by atoms with Gasteiger partial charge in [0.2, 0.25) is 0 Å². The van der Waals surface area contributed by atoms with E-state index in [1.165, 1.54) is 6.33 Å². The van der Waals surface area contributed by atoms with E-state index in [2.05, 4.69) is 17.0 Å². The predicted molar refractivity (Wildman–Crippen MR) is 55.3 cm³/mol. The van der Waals surface area contributed by atoms with Crippen molar-refractivity contribution in [1.82, 2.24) is 14.8 Å². The maximum Gasteiger partial charge on any atom is 0.138 e. The van der Waals surface area contributed by atoms with E-state index in [1.807, 2.05) is 0 Å². The van der Waals surface area contributed by atoms with Crippen LogP contribution < -0.4 is 0 Å². The maximum atomic E-state index is 10.4. The van der Waals surface area contributed by atoms with E-state index < -0.39 is 5.60 Å². The minimum Gasteiger partial charge on any atom is -0.389 e. The van der Waals surface area contributed by atoms with Crippen molar-refractivity contribution in [2.24, 2.45) is 0 Å². The number of rotatable bonds is 6. The summed E-state index contributed by atoms with van der Waals surface area (Å²) in [4.78, 5) is 14.4. The van der Waals surface area contributed by atoms with E-state index in [9.17, 15) is 9.90 Å². The highest BCUT2D eigenvalue weighted by Gasteiger charge is 2.23. The van der Waals surface area contributed by atoms with Crippen LogP contribution in [0.2, 0.25) is 0 Å². The second kappa shape index (κ2) is 5.02. The molecule has 1 heterocycles. The molecule has 5 heteroatoms. The quantitative estimate of drug-likeness (QED) is 0.698. The fourth-order valence-corrected chi connectivity index (χ4v) is 1.42. The van der Waals surface area contributed by atoms with Crippen molar-refractivity contribution in [2.45, 2.75) is 45.3 Å². The van der Waals surface area contributed by atoms with Crippen molar-refractivity contribution in [1.29, 1.82) is 0 Å². The highest BCUT2D eigenvalue weighted by Crippen LogP contribution is 2.14. The standard InChI is InChI=1S/C10H17N3O2/c1-3-5-13-9(11-8-12-13)7-10(2,15)4-6-14/h6,8,15H,3-5,7H2,1-2H3. The molecule has 0 spiro atoms. The molecular weight excluding hydrogens is 194 g/mol. The number of carbonyl (C=O) groups excluding carboxylic acids is 1. The number of nitrogens with zero attached hydrogens (tertiary/aromatic N) is 3. The summed E-state index contributed by atoms with van der Waals surface area (Å²) in [5.74, 6) is 0.726. The minimum absolute atomic E-state index is 0.117. The van der Waals surface area contributed by atoms with Gasteiger partial charge in [-0.1, -0.05) is 6.92 Å². The number of hydrogen-bond donors (Lipinski definition) is 1. The second-order valence-electron chi connectivity index (χ2n) is 3.94. The molecule has 0 aliphatic carbocycles. The zero-order valence-electron chi connectivity index (χ0n) is 9.18. The van der Waals surface area contributed by atoms with Gasteiger partial charge in [0.25, 0.3) is 0 Å². The van der Waals surface area contributed by atoms with Gasteiger partial charge in [-0.05, 0) is 13.3 Å². The van der Waals surface area contributed by atoms with E-state index in [-0.39, 0.29) is 6.42 Å². The van der Waals surface area contributed by atoms with Crippen LogP contribution in [-0.2, 0) is 17.8 Å². The van der Waals surface area contributed by atoms with E-state index in [1.54, 1.807) is 11.6 Å². The van der Waals surface area contributed by atoms with Crippen LogP contribution in [0.1, 0.15) is 32.5 Å². The summed E-state index contributed by atoms with van der Waals surface area (Å²) in [5.41, 5.74) is -1.03. The van der Waals surface area contributed by atoms with Gasteiger partial charge in [-0.25, -0.2) is 4.98 Å². The fraction of sp³-hybridized carbons (Fsp3) is 0.700. The molecule has 1 atom stereocenters. The average molecular weight is 211 g/mol. The van der Waals surface area contributed by atoms with E-state index >= 15 is 0 Å². The number of aliphatic hydroxyl groups is 1. The van der Waals surface area contributed by atoms with Crippen molar-refractivity contribution in [3.05, 3.63) is 12.2 Å². The topological polar surface area (TPSA) is 68.0 Å². The molecule has 0 amide bonds. The van der Waals surface area contributed by atoms with Gasteiger partial charge < -0.3 is 9.90 Å². The smallest absolute Gasteiger partial charge is 0.138 e. The molecule has 1 aromatic rings. The SMILES string of the molecule is CCCn1ncnc1CC(C)(O)CC=O. The van der Waals surface area contributed by atoms with Crippen LogP contribution in [0.5, 0.6) is 0 Å². The summed E-state index contributed by atoms with van der Waals surface area (Å²) < 4.78 is 1.76. The molecule has 5 nitrogen and oxygen atoms in total. The first-order chi connectivity index (χ1) is 7.09. The molecule has 0 bridgehead atoms. The van der Waals surface area contributed by atoms with Crippen molar-refractivity contribution in [3.8, 4) is 0 Å². The first-order valence-corrected chi connectivity index (χ1v) is 5.12. The number of aldehydes is 1. The molecule has 15 heavy (non-hydrogen) atoms. The van der Waals surface area contributed by atoms with Crippen LogP contribution in [0.15, 0.2) is 6.33 Å². The fourth-order valence-electron chi connectivity index (χ4n) is 1.42. The van der Waals surface area contributed by atoms with Crippen molar-refractivity contribution in [3.63, 3.8) is 0 Å². The lowest BCUT2D eigenvalue weighted by Crippen LogP contribution is -2.29. The van der Waals surface area contributed by atoms with E-state index in [0.717, 1.165) is 25.1 Å². The van der Waals surface area contributed by atoms with Gasteiger partial charge in [0.15, 0.2) is 0 Å². The highest BCUT2D eigenvalue weighted by atomic mass is 16.3. The van der Waals surface area contributed by atoms with Gasteiger partial charge in [0, 0.05) is 19.4 Å². The molecule has 0 saturated heterocycles. The Labute approximate surface area is 89.1 Å². The summed E-state index contributed by atoms with van der Waals surface area (Å²) in [7, 11) is 0. The van der Waals surface area contributed by atoms with Gasteiger partial charge in [0.05, 0.1) is 5.60 Å². The van der Waals surface area contributed by atoms with Crippen LogP contribution >= 0.6 is 0 Å². The molecule has 1 rings (SSSR count). The van der Waals surface area contributed by atoms with Crippen LogP contribution in [0, 0.1) is 0 Å². The second-order valence-corrected chi connectivity index (χ2v) is 3.94. The lowest BCUT2D eigenvalue weighted by molar-refractivity contribution is -0.111. The minimum atomic E-state index is -1.03. The lowest BCUT2D eigenvalue weighted by Gasteiger charge is -2.19. The van der Waals surface area contributed by atoms with Gasteiger partial charge in [-0.2, -0.15) is 5.10 Å².